The summed E-state index contributed by atoms with van der Waals surface area (Å²) >= 11 is 1.97. The number of anilines is 3. The number of aromatic nitrogens is 1. The number of hydrogen-bond acceptors (Lipinski definition) is 6. The van der Waals surface area contributed by atoms with E-state index in [-0.39, 0.29) is 22.8 Å². The first-order valence-corrected chi connectivity index (χ1v) is 11.0. The average molecular weight is 563 g/mol. The fourth-order valence-electron chi connectivity index (χ4n) is 3.73. The molecule has 0 saturated carbocycles. The monoisotopic (exact) mass is 563 g/mol. The van der Waals surface area contributed by atoms with Gasteiger partial charge in [-0.25, -0.2) is 9.40 Å². The maximum atomic E-state index is 14.5. The van der Waals surface area contributed by atoms with Crippen molar-refractivity contribution in [2.45, 2.75) is 12.8 Å². The van der Waals surface area contributed by atoms with Crippen molar-refractivity contribution in [1.82, 2.24) is 4.57 Å². The second-order valence-electron chi connectivity index (χ2n) is 7.41. The molecule has 0 atom stereocenters. The van der Waals surface area contributed by atoms with Crippen molar-refractivity contribution in [1.29, 1.82) is 0 Å². The zero-order valence-corrected chi connectivity index (χ0v) is 19.6. The van der Waals surface area contributed by atoms with Crippen LogP contribution in [0.25, 0.3) is 0 Å². The van der Waals surface area contributed by atoms with Crippen LogP contribution in [-0.2, 0) is 13.5 Å². The van der Waals surface area contributed by atoms with Gasteiger partial charge in [0.25, 0.3) is 11.5 Å². The van der Waals surface area contributed by atoms with Gasteiger partial charge in [-0.3, -0.25) is 14.2 Å². The number of benzene rings is 2. The van der Waals surface area contributed by atoms with Crippen LogP contribution in [0.15, 0.2) is 52.5 Å². The minimum atomic E-state index is -0.866. The molecule has 0 fully saturated rings. The maximum absolute atomic E-state index is 14.5. The summed E-state index contributed by atoms with van der Waals surface area (Å²) in [5.41, 5.74) is 6.42. The molecule has 0 radical (unpaired) electrons. The molecule has 1 aromatic heterocycles. The number of pyridine rings is 1. The lowest BCUT2D eigenvalue weighted by atomic mass is 10.0. The predicted octanol–water partition coefficient (Wildman–Crippen LogP) is 4.20. The molecule has 4 rings (SSSR count). The van der Waals surface area contributed by atoms with Gasteiger partial charge in [0.2, 0.25) is 0 Å². The topological polar surface area (TPSA) is 119 Å². The number of nitrogens with zero attached hydrogens (tertiary/aromatic N) is 3. The number of ether oxygens (including phenoxy) is 1. The predicted molar refractivity (Wildman–Crippen MR) is 131 cm³/mol. The minimum Gasteiger partial charge on any atom is -0.456 e. The molecule has 3 N–H and O–H groups in total. The molecule has 0 saturated heterocycles. The Hall–Kier alpha value is -3.48. The molecule has 2 aromatic carbocycles. The van der Waals surface area contributed by atoms with Crippen LogP contribution in [0.1, 0.15) is 22.3 Å². The van der Waals surface area contributed by atoms with E-state index in [0.717, 1.165) is 16.2 Å². The highest BCUT2D eigenvalue weighted by Gasteiger charge is 2.25. The fourth-order valence-corrected chi connectivity index (χ4v) is 4.18. The molecule has 0 aliphatic carbocycles. The van der Waals surface area contributed by atoms with Crippen molar-refractivity contribution < 1.29 is 13.9 Å². The lowest BCUT2D eigenvalue weighted by molar-refractivity contribution is 0.0998. The molecule has 170 valence electrons. The van der Waals surface area contributed by atoms with Gasteiger partial charge < -0.3 is 15.8 Å². The molecule has 0 bridgehead atoms. The number of nitroso groups, excluding NO2 is 1. The first kappa shape index (κ1) is 22.7. The second-order valence-corrected chi connectivity index (χ2v) is 8.65. The summed E-state index contributed by atoms with van der Waals surface area (Å²) in [6.07, 6.45) is 1.30. The summed E-state index contributed by atoms with van der Waals surface area (Å²) in [5, 5.41) is 7.17. The smallest absolute Gasteiger partial charge is 0.256 e. The fraction of sp³-hybridized carbons (Fsp3) is 0.182. The molecule has 1 aliphatic heterocycles. The van der Waals surface area contributed by atoms with E-state index >= 15 is 0 Å². The summed E-state index contributed by atoms with van der Waals surface area (Å²) in [7, 11) is 1.43. The third-order valence-electron chi connectivity index (χ3n) is 5.34. The highest BCUT2D eigenvalue weighted by Crippen LogP contribution is 2.38. The number of amides is 1. The van der Waals surface area contributed by atoms with E-state index in [4.69, 9.17) is 10.5 Å². The number of carbonyl (C=O) groups is 1. The average Bonchev–Trinajstić information content (AvgIpc) is 2.78. The molecule has 2 heterocycles. The van der Waals surface area contributed by atoms with E-state index in [0.29, 0.717) is 34.4 Å². The third kappa shape index (κ3) is 4.40. The highest BCUT2D eigenvalue weighted by molar-refractivity contribution is 14.1. The van der Waals surface area contributed by atoms with Gasteiger partial charge in [-0.2, -0.15) is 0 Å². The van der Waals surface area contributed by atoms with Crippen LogP contribution in [0, 0.1) is 14.3 Å². The molecule has 0 spiro atoms. The third-order valence-corrected chi connectivity index (χ3v) is 6.01. The lowest BCUT2D eigenvalue weighted by Crippen LogP contribution is -2.26. The van der Waals surface area contributed by atoms with Crippen LogP contribution in [-0.4, -0.2) is 17.0 Å². The van der Waals surface area contributed by atoms with Crippen molar-refractivity contribution >= 4 is 45.7 Å². The largest absolute Gasteiger partial charge is 0.456 e. The minimum absolute atomic E-state index is 0.00825. The Morgan fingerprint density at radius 3 is 2.73 bits per heavy atom. The Bertz CT molecular complexity index is 1330. The number of halogens is 2. The van der Waals surface area contributed by atoms with Crippen molar-refractivity contribution in [2.24, 2.45) is 18.1 Å². The molecular weight excluding hydrogens is 544 g/mol. The van der Waals surface area contributed by atoms with E-state index in [1.165, 1.54) is 24.2 Å². The Morgan fingerprint density at radius 1 is 1.24 bits per heavy atom. The zero-order chi connectivity index (χ0) is 23.7. The molecule has 3 aromatic rings. The van der Waals surface area contributed by atoms with E-state index in [9.17, 15) is 18.9 Å². The summed E-state index contributed by atoms with van der Waals surface area (Å²) in [6, 6.07) is 10.7. The molecular formula is C22H19FIN5O4. The van der Waals surface area contributed by atoms with Gasteiger partial charge in [0, 0.05) is 28.8 Å². The Labute approximate surface area is 201 Å². The summed E-state index contributed by atoms with van der Waals surface area (Å²) in [6.45, 7) is 0.480. The number of nitrogens with one attached hydrogen (secondary N) is 1. The normalized spacial score (nSPS) is 12.8. The van der Waals surface area contributed by atoms with Gasteiger partial charge >= 0.3 is 0 Å². The van der Waals surface area contributed by atoms with Crippen LogP contribution in [0.4, 0.5) is 21.6 Å². The Kier molecular flexibility index (Phi) is 6.31. The van der Waals surface area contributed by atoms with E-state index in [2.05, 4.69) is 10.6 Å². The Morgan fingerprint density at radius 2 is 2.03 bits per heavy atom. The molecule has 9 nitrogen and oxygen atoms in total. The number of nitrogens with two attached hydrogens (primary N) is 1. The van der Waals surface area contributed by atoms with Gasteiger partial charge in [0.15, 0.2) is 0 Å². The van der Waals surface area contributed by atoms with Gasteiger partial charge in [-0.1, -0.05) is 6.07 Å². The highest BCUT2D eigenvalue weighted by atomic mass is 127. The molecule has 33 heavy (non-hydrogen) atoms. The molecule has 0 unspecified atom stereocenters. The number of hydrogen-bond donors (Lipinski definition) is 2. The van der Waals surface area contributed by atoms with Crippen molar-refractivity contribution in [3.8, 4) is 11.5 Å². The van der Waals surface area contributed by atoms with Crippen molar-refractivity contribution in [3.05, 3.63) is 78.2 Å². The molecule has 1 amide bonds. The summed E-state index contributed by atoms with van der Waals surface area (Å²) < 4.78 is 22.3. The Balaban J connectivity index is 1.83. The summed E-state index contributed by atoms with van der Waals surface area (Å²) in [5.74, 6) is -1.15. The van der Waals surface area contributed by atoms with Crippen LogP contribution < -0.4 is 26.4 Å². The van der Waals surface area contributed by atoms with E-state index < -0.39 is 17.3 Å². The number of fused-ring (bicyclic) bond motifs is 1. The van der Waals surface area contributed by atoms with Gasteiger partial charge in [0.1, 0.15) is 28.7 Å². The first-order valence-electron chi connectivity index (χ1n) is 9.96. The van der Waals surface area contributed by atoms with E-state index in [1.807, 2.05) is 22.6 Å². The van der Waals surface area contributed by atoms with Gasteiger partial charge in [-0.05, 0) is 65.8 Å². The van der Waals surface area contributed by atoms with E-state index in [1.54, 1.807) is 24.3 Å². The van der Waals surface area contributed by atoms with Crippen LogP contribution in [0.3, 0.4) is 0 Å². The first-order chi connectivity index (χ1) is 15.8. The SMILES string of the molecule is Cn1c(Nc2ccc(I)cc2F)c(C(N)=O)c(Oc2cccc3c2CCCN3N=O)cc1=O. The van der Waals surface area contributed by atoms with Crippen molar-refractivity contribution in [3.63, 3.8) is 0 Å². The molecule has 11 heteroatoms. The lowest BCUT2D eigenvalue weighted by Gasteiger charge is -2.26. The number of carbonyl (C=O) groups excluding carboxylic acids is 1. The second kappa shape index (κ2) is 9.17. The summed E-state index contributed by atoms with van der Waals surface area (Å²) in [4.78, 5) is 36.3. The van der Waals surface area contributed by atoms with Gasteiger partial charge in [0.05, 0.1) is 16.7 Å². The van der Waals surface area contributed by atoms with Crippen molar-refractivity contribution in [2.75, 3.05) is 16.9 Å². The standard InChI is InChI=1S/C22H19FIN5O4/c1-28-19(30)11-18(33-17-6-2-5-16-13(17)4-3-9-29(16)27-32)20(21(25)31)22(28)26-15-8-7-12(24)10-14(15)23/h2,5-8,10-11,26H,3-4,9H2,1H3,(H2,25,31). The maximum Gasteiger partial charge on any atom is 0.256 e. The molecule has 1 aliphatic rings. The van der Waals surface area contributed by atoms with Crippen LogP contribution in [0.2, 0.25) is 0 Å². The quantitative estimate of drug-likeness (QED) is 0.343. The van der Waals surface area contributed by atoms with Gasteiger partial charge in [-0.15, -0.1) is 4.91 Å². The number of primary amides is 1. The van der Waals surface area contributed by atoms with Crippen LogP contribution in [0.5, 0.6) is 11.5 Å². The number of rotatable bonds is 6. The van der Waals surface area contributed by atoms with Crippen LogP contribution >= 0.6 is 22.6 Å². The zero-order valence-electron chi connectivity index (χ0n) is 17.5.